The first-order valence-electron chi connectivity index (χ1n) is 13.4. The van der Waals surface area contributed by atoms with Gasteiger partial charge in [0.25, 0.3) is 0 Å². The fraction of sp³-hybridized carbons (Fsp3) is 0.536. The molecule has 0 aromatic heterocycles. The summed E-state index contributed by atoms with van der Waals surface area (Å²) in [5, 5.41) is 2.90. The van der Waals surface area contributed by atoms with Gasteiger partial charge in [-0.3, -0.25) is 9.69 Å². The van der Waals surface area contributed by atoms with Crippen molar-refractivity contribution in [1.82, 2.24) is 9.21 Å². The quantitative estimate of drug-likeness (QED) is 0.564. The molecule has 0 saturated carbocycles. The number of ether oxygens (including phenoxy) is 2. The van der Waals surface area contributed by atoms with E-state index < -0.39 is 10.0 Å². The summed E-state index contributed by atoms with van der Waals surface area (Å²) in [6.45, 7) is 3.94. The second-order valence-electron chi connectivity index (χ2n) is 10.3. The van der Waals surface area contributed by atoms with E-state index in [9.17, 15) is 13.2 Å². The summed E-state index contributed by atoms with van der Waals surface area (Å²) >= 11 is 0. The largest absolute Gasteiger partial charge is 0.372 e. The molecule has 3 fully saturated rings. The summed E-state index contributed by atoms with van der Waals surface area (Å²) in [6, 6.07) is 16.7. The summed E-state index contributed by atoms with van der Waals surface area (Å²) in [7, 11) is -3.56. The first-order chi connectivity index (χ1) is 17.9. The molecule has 2 unspecified atom stereocenters. The highest BCUT2D eigenvalue weighted by atomic mass is 32.2. The van der Waals surface area contributed by atoms with E-state index in [-0.39, 0.29) is 29.1 Å². The van der Waals surface area contributed by atoms with Crippen molar-refractivity contribution in [2.24, 2.45) is 0 Å². The number of benzene rings is 2. The van der Waals surface area contributed by atoms with Crippen LogP contribution in [0.15, 0.2) is 59.5 Å². The van der Waals surface area contributed by atoms with Gasteiger partial charge in [0.2, 0.25) is 15.9 Å². The van der Waals surface area contributed by atoms with E-state index >= 15 is 0 Å². The van der Waals surface area contributed by atoms with Crippen molar-refractivity contribution in [2.45, 2.75) is 61.7 Å². The smallest absolute Gasteiger partial charge is 0.243 e. The summed E-state index contributed by atoms with van der Waals surface area (Å²) in [6.07, 6.45) is 5.54. The number of carbonyl (C=O) groups excluding carboxylic acids is 1. The molecule has 0 radical (unpaired) electrons. The number of carbonyl (C=O) groups is 1. The molecule has 0 bridgehead atoms. The summed E-state index contributed by atoms with van der Waals surface area (Å²) < 4.78 is 40.2. The van der Waals surface area contributed by atoms with Crippen molar-refractivity contribution in [2.75, 3.05) is 44.6 Å². The Morgan fingerprint density at radius 3 is 2.57 bits per heavy atom. The maximum atomic E-state index is 13.0. The first kappa shape index (κ1) is 26.3. The van der Waals surface area contributed by atoms with Gasteiger partial charge in [-0.2, -0.15) is 4.31 Å². The van der Waals surface area contributed by atoms with Crippen LogP contribution in [0.5, 0.6) is 0 Å². The van der Waals surface area contributed by atoms with E-state index in [1.807, 2.05) is 18.2 Å². The van der Waals surface area contributed by atoms with Gasteiger partial charge in [-0.05, 0) is 55.9 Å². The van der Waals surface area contributed by atoms with Crippen LogP contribution in [0.4, 0.5) is 5.69 Å². The van der Waals surface area contributed by atoms with Crippen LogP contribution in [-0.4, -0.2) is 74.6 Å². The van der Waals surface area contributed by atoms with Crippen LogP contribution >= 0.6 is 0 Å². The number of likely N-dealkylation sites (tertiary alicyclic amines) is 1. The third kappa shape index (κ3) is 6.23. The molecule has 3 heterocycles. The van der Waals surface area contributed by atoms with Crippen LogP contribution in [0, 0.1) is 0 Å². The maximum absolute atomic E-state index is 13.0. The van der Waals surface area contributed by atoms with Gasteiger partial charge in [-0.15, -0.1) is 0 Å². The zero-order chi connectivity index (χ0) is 25.7. The molecular weight excluding hydrogens is 490 g/mol. The first-order valence-corrected chi connectivity index (χ1v) is 14.8. The van der Waals surface area contributed by atoms with Gasteiger partial charge in [0, 0.05) is 38.5 Å². The molecule has 2 aromatic carbocycles. The average molecular weight is 528 g/mol. The minimum atomic E-state index is -3.56. The number of nitrogens with one attached hydrogen (secondary N) is 1. The van der Waals surface area contributed by atoms with E-state index in [0.717, 1.165) is 57.2 Å². The Hall–Kier alpha value is -2.30. The van der Waals surface area contributed by atoms with Crippen LogP contribution in [0.1, 0.15) is 44.1 Å². The van der Waals surface area contributed by atoms with Gasteiger partial charge < -0.3 is 14.8 Å². The Morgan fingerprint density at radius 2 is 1.81 bits per heavy atom. The van der Waals surface area contributed by atoms with Gasteiger partial charge in [0.1, 0.15) is 0 Å². The van der Waals surface area contributed by atoms with Crippen LogP contribution in [0.2, 0.25) is 0 Å². The van der Waals surface area contributed by atoms with Gasteiger partial charge in [0.05, 0.1) is 29.8 Å². The SMILES string of the molecule is O=C(CN1CCC2(CCCO2)C(OCc2ccccc2)C1)Nc1cccc(S(=O)(=O)N2CCCCC2)c1. The lowest BCUT2D eigenvalue weighted by molar-refractivity contribution is -0.159. The lowest BCUT2D eigenvalue weighted by atomic mass is 9.85. The van der Waals surface area contributed by atoms with E-state index in [2.05, 4.69) is 22.3 Å². The third-order valence-electron chi connectivity index (χ3n) is 7.73. The minimum absolute atomic E-state index is 0.116. The molecule has 1 amide bonds. The maximum Gasteiger partial charge on any atom is 0.243 e. The van der Waals surface area contributed by atoms with Gasteiger partial charge >= 0.3 is 0 Å². The third-order valence-corrected chi connectivity index (χ3v) is 9.62. The number of hydrogen-bond acceptors (Lipinski definition) is 6. The molecule has 0 aliphatic carbocycles. The molecule has 3 aliphatic rings. The van der Waals surface area contributed by atoms with E-state index in [4.69, 9.17) is 9.47 Å². The molecule has 1 spiro atoms. The molecule has 1 N–H and O–H groups in total. The molecule has 200 valence electrons. The zero-order valence-electron chi connectivity index (χ0n) is 21.3. The van der Waals surface area contributed by atoms with Crippen LogP contribution in [0.3, 0.4) is 0 Å². The van der Waals surface area contributed by atoms with Crippen LogP contribution in [0.25, 0.3) is 0 Å². The topological polar surface area (TPSA) is 88.2 Å². The van der Waals surface area contributed by atoms with E-state index in [1.165, 1.54) is 0 Å². The summed E-state index contributed by atoms with van der Waals surface area (Å²) in [4.78, 5) is 15.3. The van der Waals surface area contributed by atoms with E-state index in [0.29, 0.717) is 31.9 Å². The second kappa shape index (κ2) is 11.6. The molecule has 8 nitrogen and oxygen atoms in total. The van der Waals surface area contributed by atoms with Crippen molar-refractivity contribution in [1.29, 1.82) is 0 Å². The zero-order valence-corrected chi connectivity index (χ0v) is 22.1. The molecule has 2 aromatic rings. The van der Waals surface area contributed by atoms with Crippen molar-refractivity contribution in [3.8, 4) is 0 Å². The van der Waals surface area contributed by atoms with Crippen molar-refractivity contribution >= 4 is 21.6 Å². The summed E-state index contributed by atoms with van der Waals surface area (Å²) in [5.74, 6) is -0.169. The highest BCUT2D eigenvalue weighted by Crippen LogP contribution is 2.38. The number of hydrogen-bond donors (Lipinski definition) is 1. The van der Waals surface area contributed by atoms with Crippen LogP contribution < -0.4 is 5.32 Å². The van der Waals surface area contributed by atoms with Crippen molar-refractivity contribution in [3.63, 3.8) is 0 Å². The minimum Gasteiger partial charge on any atom is -0.372 e. The molecule has 3 aliphatic heterocycles. The standard InChI is InChI=1S/C28H37N3O5S/c32-27(29-24-11-7-12-25(19-24)37(33,34)31-15-5-2-6-16-31)21-30-17-14-28(13-8-18-36-28)26(20-30)35-22-23-9-3-1-4-10-23/h1,3-4,7,9-12,19,26H,2,5-6,8,13-18,20-22H2,(H,29,32). The lowest BCUT2D eigenvalue weighted by Gasteiger charge is -2.44. The lowest BCUT2D eigenvalue weighted by Crippen LogP contribution is -2.57. The van der Waals surface area contributed by atoms with Gasteiger partial charge in [-0.1, -0.05) is 42.8 Å². The Balaban J connectivity index is 1.20. The number of anilines is 1. The van der Waals surface area contributed by atoms with Crippen LogP contribution in [-0.2, 0) is 30.9 Å². The van der Waals surface area contributed by atoms with Crippen molar-refractivity contribution < 1.29 is 22.7 Å². The number of amides is 1. The Bertz CT molecular complexity index is 1160. The van der Waals surface area contributed by atoms with Gasteiger partial charge in [0.15, 0.2) is 0 Å². The molecule has 2 atom stereocenters. The van der Waals surface area contributed by atoms with E-state index in [1.54, 1.807) is 28.6 Å². The highest BCUT2D eigenvalue weighted by molar-refractivity contribution is 7.89. The summed E-state index contributed by atoms with van der Waals surface area (Å²) in [5.41, 5.74) is 1.33. The normalized spacial score (nSPS) is 25.4. The number of piperidine rings is 2. The fourth-order valence-electron chi connectivity index (χ4n) is 5.68. The number of rotatable bonds is 8. The van der Waals surface area contributed by atoms with Crippen molar-refractivity contribution in [3.05, 3.63) is 60.2 Å². The Morgan fingerprint density at radius 1 is 1.00 bits per heavy atom. The molecule has 9 heteroatoms. The molecular formula is C28H37N3O5S. The highest BCUT2D eigenvalue weighted by Gasteiger charge is 2.47. The predicted molar refractivity (Wildman–Crippen MR) is 142 cm³/mol. The number of nitrogens with zero attached hydrogens (tertiary/aromatic N) is 2. The Kier molecular flexibility index (Phi) is 8.26. The van der Waals surface area contributed by atoms with Gasteiger partial charge in [-0.25, -0.2) is 8.42 Å². The molecule has 37 heavy (non-hydrogen) atoms. The fourth-order valence-corrected chi connectivity index (χ4v) is 7.25. The Labute approximate surface area is 220 Å². The molecule has 5 rings (SSSR count). The molecule has 3 saturated heterocycles. The second-order valence-corrected chi connectivity index (χ2v) is 12.3. The number of sulfonamides is 1. The monoisotopic (exact) mass is 527 g/mol. The average Bonchev–Trinajstić information content (AvgIpc) is 3.39. The predicted octanol–water partition coefficient (Wildman–Crippen LogP) is 3.64.